The lowest BCUT2D eigenvalue weighted by Gasteiger charge is -2.14. The summed E-state index contributed by atoms with van der Waals surface area (Å²) in [6.45, 7) is 3.36. The third-order valence-electron chi connectivity index (χ3n) is 4.11. The molecule has 0 spiro atoms. The van der Waals surface area contributed by atoms with Crippen LogP contribution in [0.2, 0.25) is 10.0 Å². The van der Waals surface area contributed by atoms with Crippen LogP contribution >= 0.6 is 23.2 Å². The van der Waals surface area contributed by atoms with Crippen LogP contribution in [0.3, 0.4) is 0 Å². The molecule has 3 N–H and O–H groups in total. The molecule has 0 unspecified atom stereocenters. The van der Waals surface area contributed by atoms with E-state index in [9.17, 15) is 18.0 Å². The van der Waals surface area contributed by atoms with E-state index >= 15 is 0 Å². The maximum Gasteiger partial charge on any atom is 0.291 e. The fourth-order valence-corrected chi connectivity index (χ4v) is 4.39. The van der Waals surface area contributed by atoms with Gasteiger partial charge in [-0.05, 0) is 62.4 Å². The molecule has 0 radical (unpaired) electrons. The molecule has 0 aliphatic rings. The van der Waals surface area contributed by atoms with Crippen molar-refractivity contribution in [1.29, 1.82) is 0 Å². The summed E-state index contributed by atoms with van der Waals surface area (Å²) >= 11 is 12.2. The molecule has 0 atom stereocenters. The minimum Gasteiger partial charge on any atom is -0.459 e. The van der Waals surface area contributed by atoms with Crippen LogP contribution in [0.5, 0.6) is 0 Å². The monoisotopic (exact) mass is 495 g/mol. The van der Waals surface area contributed by atoms with Crippen molar-refractivity contribution in [2.75, 3.05) is 10.6 Å². The molecule has 1 heterocycles. The number of hydrogen-bond donors (Lipinski definition) is 3. The highest BCUT2D eigenvalue weighted by molar-refractivity contribution is 7.89. The Hall–Kier alpha value is -2.85. The first-order valence-electron chi connectivity index (χ1n) is 9.34. The Balaban J connectivity index is 1.89. The van der Waals surface area contributed by atoms with Crippen LogP contribution in [-0.4, -0.2) is 26.3 Å². The maximum absolute atomic E-state index is 12.9. The average Bonchev–Trinajstić information content (AvgIpc) is 3.24. The minimum atomic E-state index is -3.83. The van der Waals surface area contributed by atoms with Gasteiger partial charge in [0.1, 0.15) is 0 Å². The molecule has 2 amide bonds. The van der Waals surface area contributed by atoms with Crippen molar-refractivity contribution >= 4 is 56.4 Å². The second-order valence-electron chi connectivity index (χ2n) is 6.99. The zero-order valence-electron chi connectivity index (χ0n) is 17.0. The number of anilines is 2. The molecule has 1 aromatic heterocycles. The molecule has 11 heteroatoms. The number of nitrogens with one attached hydrogen (secondary N) is 3. The Morgan fingerprint density at radius 3 is 2.31 bits per heavy atom. The molecule has 2 aromatic carbocycles. The number of carbonyl (C=O) groups is 2. The predicted molar refractivity (Wildman–Crippen MR) is 123 cm³/mol. The van der Waals surface area contributed by atoms with Crippen LogP contribution in [0.4, 0.5) is 11.4 Å². The van der Waals surface area contributed by atoms with Gasteiger partial charge in [0.25, 0.3) is 11.8 Å². The summed E-state index contributed by atoms with van der Waals surface area (Å²) in [5, 5.41) is 5.61. The highest BCUT2D eigenvalue weighted by atomic mass is 35.5. The molecular weight excluding hydrogens is 477 g/mol. The van der Waals surface area contributed by atoms with Crippen LogP contribution in [0.1, 0.15) is 34.8 Å². The summed E-state index contributed by atoms with van der Waals surface area (Å²) in [6.07, 6.45) is 1.35. The highest BCUT2D eigenvalue weighted by Crippen LogP contribution is 2.28. The molecule has 0 aliphatic heterocycles. The molecule has 0 fully saturated rings. The Kier molecular flexibility index (Phi) is 7.25. The van der Waals surface area contributed by atoms with Crippen molar-refractivity contribution in [3.8, 4) is 0 Å². The molecule has 8 nitrogen and oxygen atoms in total. The smallest absolute Gasteiger partial charge is 0.291 e. The standard InChI is InChI=1S/C21H19Cl2N3O5S/c1-12(2)26-32(29,30)14-6-7-16(23)15(11-14)20(27)24-17-8-5-13(22)10-18(17)25-21(28)19-4-3-9-31-19/h3-12,26H,1-2H3,(H,24,27)(H,25,28). The van der Waals surface area contributed by atoms with E-state index in [1.807, 2.05) is 0 Å². The molecule has 3 aromatic rings. The number of carbonyl (C=O) groups excluding carboxylic acids is 2. The van der Waals surface area contributed by atoms with Gasteiger partial charge in [0.05, 0.1) is 33.1 Å². The first kappa shape index (κ1) is 23.8. The molecule has 3 rings (SSSR count). The van der Waals surface area contributed by atoms with Crippen molar-refractivity contribution in [2.45, 2.75) is 24.8 Å². The Morgan fingerprint density at radius 1 is 0.938 bits per heavy atom. The fourth-order valence-electron chi connectivity index (χ4n) is 2.73. The van der Waals surface area contributed by atoms with Gasteiger partial charge < -0.3 is 15.1 Å². The topological polar surface area (TPSA) is 118 Å². The van der Waals surface area contributed by atoms with Crippen molar-refractivity contribution in [2.24, 2.45) is 0 Å². The van der Waals surface area contributed by atoms with Gasteiger partial charge in [-0.3, -0.25) is 9.59 Å². The normalized spacial score (nSPS) is 11.4. The zero-order chi connectivity index (χ0) is 23.5. The molecule has 32 heavy (non-hydrogen) atoms. The Morgan fingerprint density at radius 2 is 1.66 bits per heavy atom. The van der Waals surface area contributed by atoms with E-state index in [-0.39, 0.29) is 38.7 Å². The lowest BCUT2D eigenvalue weighted by atomic mass is 10.2. The number of amides is 2. The number of rotatable bonds is 7. The van der Waals surface area contributed by atoms with E-state index in [1.165, 1.54) is 48.7 Å². The van der Waals surface area contributed by atoms with Crippen LogP contribution < -0.4 is 15.4 Å². The number of furan rings is 1. The summed E-state index contributed by atoms with van der Waals surface area (Å²) in [5.74, 6) is -1.15. The van der Waals surface area contributed by atoms with Crippen LogP contribution in [0.25, 0.3) is 0 Å². The van der Waals surface area contributed by atoms with Crippen molar-refractivity contribution in [1.82, 2.24) is 4.72 Å². The number of hydrogen-bond acceptors (Lipinski definition) is 5. The van der Waals surface area contributed by atoms with Gasteiger partial charge in [-0.2, -0.15) is 0 Å². The van der Waals surface area contributed by atoms with E-state index in [4.69, 9.17) is 27.6 Å². The molecule has 0 saturated carbocycles. The van der Waals surface area contributed by atoms with Gasteiger partial charge >= 0.3 is 0 Å². The van der Waals surface area contributed by atoms with Crippen molar-refractivity contribution in [3.05, 3.63) is 76.2 Å². The van der Waals surface area contributed by atoms with E-state index in [1.54, 1.807) is 19.9 Å². The number of benzene rings is 2. The number of halogens is 2. The van der Waals surface area contributed by atoms with Gasteiger partial charge in [0.15, 0.2) is 5.76 Å². The molecule has 0 aliphatic carbocycles. The average molecular weight is 496 g/mol. The predicted octanol–water partition coefficient (Wildman–Crippen LogP) is 4.78. The van der Waals surface area contributed by atoms with Gasteiger partial charge in [0, 0.05) is 11.1 Å². The SMILES string of the molecule is CC(C)NS(=O)(=O)c1ccc(Cl)c(C(=O)Nc2ccc(Cl)cc2NC(=O)c2ccco2)c1. The first-order valence-corrected chi connectivity index (χ1v) is 11.6. The first-order chi connectivity index (χ1) is 15.1. The van der Waals surface area contributed by atoms with E-state index in [2.05, 4.69) is 15.4 Å². The largest absolute Gasteiger partial charge is 0.459 e. The summed E-state index contributed by atoms with van der Waals surface area (Å²) in [5.41, 5.74) is 0.383. The van der Waals surface area contributed by atoms with Gasteiger partial charge in [-0.15, -0.1) is 0 Å². The van der Waals surface area contributed by atoms with Gasteiger partial charge in [-0.25, -0.2) is 13.1 Å². The van der Waals surface area contributed by atoms with Crippen LogP contribution in [-0.2, 0) is 10.0 Å². The highest BCUT2D eigenvalue weighted by Gasteiger charge is 2.21. The van der Waals surface area contributed by atoms with Crippen LogP contribution in [0.15, 0.2) is 64.1 Å². The molecule has 168 valence electrons. The molecule has 0 saturated heterocycles. The fraction of sp³-hybridized carbons (Fsp3) is 0.143. The van der Waals surface area contributed by atoms with Gasteiger partial charge in [-0.1, -0.05) is 23.2 Å². The number of sulfonamides is 1. The van der Waals surface area contributed by atoms with E-state index in [0.29, 0.717) is 5.02 Å². The summed E-state index contributed by atoms with van der Waals surface area (Å²) in [7, 11) is -3.83. The second kappa shape index (κ2) is 9.74. The lowest BCUT2D eigenvalue weighted by molar-refractivity contribution is 0.0993. The molecule has 0 bridgehead atoms. The third kappa shape index (κ3) is 5.68. The Labute approximate surface area is 195 Å². The Bertz CT molecular complexity index is 1260. The third-order valence-corrected chi connectivity index (χ3v) is 6.33. The van der Waals surface area contributed by atoms with E-state index < -0.39 is 21.8 Å². The summed E-state index contributed by atoms with van der Waals surface area (Å²) in [6, 6.07) is 11.0. The quantitative estimate of drug-likeness (QED) is 0.435. The summed E-state index contributed by atoms with van der Waals surface area (Å²) < 4.78 is 32.4. The second-order valence-corrected chi connectivity index (χ2v) is 9.55. The summed E-state index contributed by atoms with van der Waals surface area (Å²) in [4.78, 5) is 25.1. The molecular formula is C21H19Cl2N3O5S. The lowest BCUT2D eigenvalue weighted by Crippen LogP contribution is -2.30. The van der Waals surface area contributed by atoms with Crippen LogP contribution in [0, 0.1) is 0 Å². The van der Waals surface area contributed by atoms with Gasteiger partial charge in [0.2, 0.25) is 10.0 Å². The zero-order valence-corrected chi connectivity index (χ0v) is 19.3. The maximum atomic E-state index is 12.9. The van der Waals surface area contributed by atoms with E-state index in [0.717, 1.165) is 0 Å². The minimum absolute atomic E-state index is 0.0566. The van der Waals surface area contributed by atoms with Crippen molar-refractivity contribution < 1.29 is 22.4 Å². The van der Waals surface area contributed by atoms with Crippen molar-refractivity contribution in [3.63, 3.8) is 0 Å².